The second-order valence-corrected chi connectivity index (χ2v) is 4.94. The Morgan fingerprint density at radius 2 is 1.95 bits per heavy atom. The molecule has 0 spiro atoms. The van der Waals surface area contributed by atoms with Crippen molar-refractivity contribution in [3.63, 3.8) is 0 Å². The lowest BCUT2D eigenvalue weighted by atomic mass is 10.1. The van der Waals surface area contributed by atoms with E-state index in [1.165, 1.54) is 11.3 Å². The minimum absolute atomic E-state index is 0.782. The quantitative estimate of drug-likeness (QED) is 0.560. The third-order valence-corrected chi connectivity index (χ3v) is 3.78. The lowest BCUT2D eigenvalue weighted by molar-refractivity contribution is 0.582. The maximum Gasteiger partial charge on any atom is 0.234 e. The summed E-state index contributed by atoms with van der Waals surface area (Å²) < 4.78 is 7.16. The first kappa shape index (κ1) is 10.5. The summed E-state index contributed by atoms with van der Waals surface area (Å²) in [7, 11) is 0. The predicted octanol–water partition coefficient (Wildman–Crippen LogP) is 3.11. The fourth-order valence-corrected chi connectivity index (χ4v) is 2.84. The summed E-state index contributed by atoms with van der Waals surface area (Å²) in [5.74, 6) is 0.835. The molecular weight excluding hydrogens is 260 g/mol. The highest BCUT2D eigenvalue weighted by molar-refractivity contribution is 7.19. The Hall–Kier alpha value is -2.47. The van der Waals surface area contributed by atoms with E-state index in [0.29, 0.717) is 0 Å². The topological polar surface area (TPSA) is 56.2 Å². The normalized spacial score (nSPS) is 11.2. The first-order chi connectivity index (χ1) is 9.42. The van der Waals surface area contributed by atoms with Gasteiger partial charge < -0.3 is 4.42 Å². The highest BCUT2D eigenvalue weighted by Gasteiger charge is 2.13. The van der Waals surface area contributed by atoms with E-state index in [1.54, 1.807) is 17.1 Å². The van der Waals surface area contributed by atoms with Crippen molar-refractivity contribution in [1.82, 2.24) is 19.8 Å². The summed E-state index contributed by atoms with van der Waals surface area (Å²) in [5, 5.41) is 13.2. The van der Waals surface area contributed by atoms with Crippen molar-refractivity contribution in [2.24, 2.45) is 0 Å². The Bertz CT molecular complexity index is 803. The lowest BCUT2D eigenvalue weighted by Crippen LogP contribution is -1.85. The first-order valence-corrected chi connectivity index (χ1v) is 6.53. The molecule has 3 heterocycles. The molecule has 6 heteroatoms. The second kappa shape index (κ2) is 4.03. The molecule has 0 atom stereocenters. The van der Waals surface area contributed by atoms with E-state index in [2.05, 4.69) is 15.3 Å². The molecule has 4 rings (SSSR count). The maximum absolute atomic E-state index is 5.48. The van der Waals surface area contributed by atoms with Crippen LogP contribution in [0.15, 0.2) is 53.4 Å². The minimum atomic E-state index is 0.782. The van der Waals surface area contributed by atoms with Crippen molar-refractivity contribution in [3.8, 4) is 21.9 Å². The van der Waals surface area contributed by atoms with Gasteiger partial charge in [-0.2, -0.15) is 9.61 Å². The van der Waals surface area contributed by atoms with Crippen molar-refractivity contribution in [1.29, 1.82) is 0 Å². The predicted molar refractivity (Wildman–Crippen MR) is 71.8 cm³/mol. The van der Waals surface area contributed by atoms with Crippen LogP contribution in [0.2, 0.25) is 0 Å². The van der Waals surface area contributed by atoms with Crippen LogP contribution >= 0.6 is 11.3 Å². The van der Waals surface area contributed by atoms with E-state index in [-0.39, 0.29) is 0 Å². The van der Waals surface area contributed by atoms with Gasteiger partial charge in [-0.15, -0.1) is 10.2 Å². The zero-order chi connectivity index (χ0) is 12.7. The monoisotopic (exact) mass is 268 g/mol. The zero-order valence-corrected chi connectivity index (χ0v) is 10.5. The molecule has 0 aliphatic carbocycles. The van der Waals surface area contributed by atoms with Crippen LogP contribution in [0.1, 0.15) is 0 Å². The Kier molecular flexibility index (Phi) is 2.22. The summed E-state index contributed by atoms with van der Waals surface area (Å²) in [5.41, 5.74) is 2.06. The average Bonchev–Trinajstić information content (AvgIpc) is 3.15. The number of rotatable bonds is 2. The summed E-state index contributed by atoms with van der Waals surface area (Å²) in [6.07, 6.45) is 3.27. The molecule has 0 fully saturated rings. The van der Waals surface area contributed by atoms with Gasteiger partial charge in [0.15, 0.2) is 0 Å². The molecule has 1 aromatic carbocycles. The maximum atomic E-state index is 5.48. The van der Waals surface area contributed by atoms with Crippen LogP contribution in [0.25, 0.3) is 26.9 Å². The number of benzene rings is 1. The van der Waals surface area contributed by atoms with Crippen LogP contribution in [0.5, 0.6) is 0 Å². The largest absolute Gasteiger partial charge is 0.464 e. The van der Waals surface area contributed by atoms with Crippen LogP contribution in [0.4, 0.5) is 0 Å². The fourth-order valence-electron chi connectivity index (χ4n) is 1.98. The van der Waals surface area contributed by atoms with Gasteiger partial charge >= 0.3 is 0 Å². The molecule has 0 N–H and O–H groups in total. The lowest BCUT2D eigenvalue weighted by Gasteiger charge is -2.03. The standard InChI is InChI=1S/C13H8N4OS/c1-2-5-10(9(4-1)11-6-3-7-18-11)12-16-17-8-14-15-13(17)19-12/h1-8H. The van der Waals surface area contributed by atoms with E-state index in [1.807, 2.05) is 36.4 Å². The first-order valence-electron chi connectivity index (χ1n) is 5.72. The number of fused-ring (bicyclic) bond motifs is 1. The summed E-state index contributed by atoms with van der Waals surface area (Å²) in [4.78, 5) is 0.782. The summed E-state index contributed by atoms with van der Waals surface area (Å²) in [6, 6.07) is 11.9. The number of hydrogen-bond acceptors (Lipinski definition) is 5. The van der Waals surface area contributed by atoms with Crippen molar-refractivity contribution >= 4 is 16.3 Å². The van der Waals surface area contributed by atoms with Gasteiger partial charge in [0.05, 0.1) is 6.26 Å². The highest BCUT2D eigenvalue weighted by Crippen LogP contribution is 2.34. The SMILES string of the molecule is c1coc(-c2ccccc2-c2nn3cnnc3s2)c1. The fraction of sp³-hybridized carbons (Fsp3) is 0. The van der Waals surface area contributed by atoms with E-state index in [0.717, 1.165) is 26.9 Å². The Balaban J connectivity index is 1.94. The van der Waals surface area contributed by atoms with Gasteiger partial charge in [0, 0.05) is 11.1 Å². The van der Waals surface area contributed by atoms with E-state index in [9.17, 15) is 0 Å². The molecule has 0 saturated heterocycles. The van der Waals surface area contributed by atoms with Crippen LogP contribution in [-0.4, -0.2) is 19.8 Å². The molecule has 92 valence electrons. The van der Waals surface area contributed by atoms with E-state index in [4.69, 9.17) is 4.42 Å². The van der Waals surface area contributed by atoms with Gasteiger partial charge in [-0.05, 0) is 12.1 Å². The van der Waals surface area contributed by atoms with Crippen molar-refractivity contribution in [2.75, 3.05) is 0 Å². The number of furan rings is 1. The summed E-state index contributed by atoms with van der Waals surface area (Å²) in [6.45, 7) is 0. The van der Waals surface area contributed by atoms with Gasteiger partial charge in [0.25, 0.3) is 0 Å². The van der Waals surface area contributed by atoms with Crippen LogP contribution in [0, 0.1) is 0 Å². The van der Waals surface area contributed by atoms with Crippen LogP contribution < -0.4 is 0 Å². The molecule has 0 saturated carbocycles. The average molecular weight is 268 g/mol. The Labute approximate surface area is 112 Å². The minimum Gasteiger partial charge on any atom is -0.464 e. The van der Waals surface area contributed by atoms with Gasteiger partial charge in [0.2, 0.25) is 4.96 Å². The summed E-state index contributed by atoms with van der Waals surface area (Å²) >= 11 is 1.51. The molecule has 3 aromatic heterocycles. The van der Waals surface area contributed by atoms with E-state index < -0.39 is 0 Å². The Morgan fingerprint density at radius 3 is 2.74 bits per heavy atom. The van der Waals surface area contributed by atoms with Crippen molar-refractivity contribution < 1.29 is 4.42 Å². The molecule has 0 aliphatic rings. The molecule has 5 nitrogen and oxygen atoms in total. The molecule has 4 aromatic rings. The molecule has 0 bridgehead atoms. The second-order valence-electron chi connectivity index (χ2n) is 3.99. The molecule has 0 aliphatic heterocycles. The van der Waals surface area contributed by atoms with Crippen molar-refractivity contribution in [3.05, 3.63) is 49.0 Å². The number of aromatic nitrogens is 4. The van der Waals surface area contributed by atoms with Gasteiger partial charge in [-0.3, -0.25) is 0 Å². The van der Waals surface area contributed by atoms with Crippen LogP contribution in [-0.2, 0) is 0 Å². The van der Waals surface area contributed by atoms with Gasteiger partial charge in [-0.1, -0.05) is 35.6 Å². The molecule has 19 heavy (non-hydrogen) atoms. The van der Waals surface area contributed by atoms with Crippen molar-refractivity contribution in [2.45, 2.75) is 0 Å². The zero-order valence-electron chi connectivity index (χ0n) is 9.72. The highest BCUT2D eigenvalue weighted by atomic mass is 32.1. The smallest absolute Gasteiger partial charge is 0.234 e. The number of nitrogens with zero attached hydrogens (tertiary/aromatic N) is 4. The third-order valence-electron chi connectivity index (χ3n) is 2.83. The van der Waals surface area contributed by atoms with E-state index >= 15 is 0 Å². The molecule has 0 amide bonds. The number of hydrogen-bond donors (Lipinski definition) is 0. The third kappa shape index (κ3) is 1.65. The Morgan fingerprint density at radius 1 is 1.05 bits per heavy atom. The van der Waals surface area contributed by atoms with Gasteiger partial charge in [0.1, 0.15) is 17.1 Å². The molecule has 0 unspecified atom stereocenters. The molecule has 0 radical (unpaired) electrons. The van der Waals surface area contributed by atoms with Gasteiger partial charge in [-0.25, -0.2) is 0 Å². The molecular formula is C13H8N4OS. The van der Waals surface area contributed by atoms with Crippen LogP contribution in [0.3, 0.4) is 0 Å².